The normalized spacial score (nSPS) is 10.2. The maximum atomic E-state index is 12.6. The number of amides is 1. The first-order valence-electron chi connectivity index (χ1n) is 10.5. The number of likely N-dealkylation sites (N-methyl/N-ethyl adjacent to an activating group) is 1. The number of carboxylic acid groups (broad SMARTS) is 2. The van der Waals surface area contributed by atoms with Gasteiger partial charge in [0.25, 0.3) is 0 Å². The van der Waals surface area contributed by atoms with Crippen molar-refractivity contribution in [2.75, 3.05) is 25.2 Å². The van der Waals surface area contributed by atoms with Crippen LogP contribution in [-0.2, 0) is 27.3 Å². The summed E-state index contributed by atoms with van der Waals surface area (Å²) in [5.74, 6) is -3.64. The Morgan fingerprint density at radius 2 is 1.41 bits per heavy atom. The first-order chi connectivity index (χ1) is 16.3. The Bertz CT molecular complexity index is 1080. The van der Waals surface area contributed by atoms with Crippen molar-refractivity contribution in [3.63, 3.8) is 0 Å². The molecule has 3 rings (SSSR count). The number of benzene rings is 3. The number of nitrogens with one attached hydrogen (secondary N) is 1. The number of hydrogen-bond donors (Lipinski definition) is 3. The molecule has 8 heteroatoms. The Kier molecular flexibility index (Phi) is 10.8. The molecule has 7 nitrogen and oxygen atoms in total. The van der Waals surface area contributed by atoms with Gasteiger partial charge in [-0.1, -0.05) is 60.7 Å². The topological polar surface area (TPSA) is 107 Å². The van der Waals surface area contributed by atoms with Crippen molar-refractivity contribution in [1.29, 1.82) is 0 Å². The molecule has 3 N–H and O–H groups in total. The van der Waals surface area contributed by atoms with E-state index >= 15 is 0 Å². The van der Waals surface area contributed by atoms with Crippen LogP contribution in [0.2, 0.25) is 0 Å². The highest BCUT2D eigenvalue weighted by Gasteiger charge is 2.10. The summed E-state index contributed by atoms with van der Waals surface area (Å²) in [7, 11) is 1.97. The minimum atomic E-state index is -1.82. The summed E-state index contributed by atoms with van der Waals surface area (Å²) in [6, 6.07) is 26.8. The van der Waals surface area contributed by atoms with Crippen molar-refractivity contribution in [2.45, 2.75) is 17.9 Å². The summed E-state index contributed by atoms with van der Waals surface area (Å²) < 4.78 is 0. The molecule has 178 valence electrons. The van der Waals surface area contributed by atoms with E-state index in [-0.39, 0.29) is 5.91 Å². The third-order valence-electron chi connectivity index (χ3n) is 4.74. The van der Waals surface area contributed by atoms with Crippen LogP contribution in [0.15, 0.2) is 83.8 Å². The SMILES string of the molecule is CSc1ccc(CN(C)CC(=O)Nc2ccccc2Cc2ccccc2)cc1.O=C(O)C(=O)O. The first kappa shape index (κ1) is 26.6. The molecule has 0 aliphatic rings. The maximum Gasteiger partial charge on any atom is 0.414 e. The van der Waals surface area contributed by atoms with Gasteiger partial charge in [-0.25, -0.2) is 9.59 Å². The van der Waals surface area contributed by atoms with Gasteiger partial charge in [-0.3, -0.25) is 9.69 Å². The second-order valence-corrected chi connectivity index (χ2v) is 8.38. The number of carbonyl (C=O) groups excluding carboxylic acids is 1. The quantitative estimate of drug-likeness (QED) is 0.327. The van der Waals surface area contributed by atoms with Crippen molar-refractivity contribution in [3.8, 4) is 0 Å². The summed E-state index contributed by atoms with van der Waals surface area (Å²) in [5, 5.41) is 17.9. The molecule has 0 aromatic heterocycles. The van der Waals surface area contributed by atoms with Gasteiger partial charge in [0.05, 0.1) is 6.54 Å². The minimum Gasteiger partial charge on any atom is -0.473 e. The van der Waals surface area contributed by atoms with Crippen molar-refractivity contribution in [2.24, 2.45) is 0 Å². The highest BCUT2D eigenvalue weighted by atomic mass is 32.2. The molecule has 0 saturated carbocycles. The standard InChI is InChI=1S/C24H26N2OS.C2H2O4/c1-26(17-20-12-14-22(28-2)15-13-20)18-24(27)25-23-11-7-6-10-21(23)16-19-8-4-3-5-9-19;3-1(4)2(5)6/h3-15H,16-18H2,1-2H3,(H,25,27);(H,3,4)(H,5,6). The molecule has 1 amide bonds. The molecule has 0 aliphatic heterocycles. The number of para-hydroxylation sites is 1. The Hall–Kier alpha value is -3.62. The molecule has 0 bridgehead atoms. The zero-order valence-electron chi connectivity index (χ0n) is 19.1. The fraction of sp³-hybridized carbons (Fsp3) is 0.192. The van der Waals surface area contributed by atoms with E-state index in [1.165, 1.54) is 16.0 Å². The van der Waals surface area contributed by atoms with Crippen molar-refractivity contribution in [1.82, 2.24) is 4.90 Å². The van der Waals surface area contributed by atoms with Gasteiger partial charge in [-0.15, -0.1) is 11.8 Å². The van der Waals surface area contributed by atoms with Crippen LogP contribution in [-0.4, -0.2) is 52.8 Å². The van der Waals surface area contributed by atoms with Crippen LogP contribution in [0.4, 0.5) is 5.69 Å². The fourth-order valence-corrected chi connectivity index (χ4v) is 3.55. The summed E-state index contributed by atoms with van der Waals surface area (Å²) in [6.45, 7) is 1.09. The third-order valence-corrected chi connectivity index (χ3v) is 5.48. The minimum absolute atomic E-state index is 0.00347. The van der Waals surface area contributed by atoms with E-state index < -0.39 is 11.9 Å². The summed E-state index contributed by atoms with van der Waals surface area (Å²) >= 11 is 1.73. The first-order valence-corrected chi connectivity index (χ1v) is 11.7. The predicted octanol–water partition coefficient (Wildman–Crippen LogP) is 4.23. The molecular weight excluding hydrogens is 452 g/mol. The molecule has 0 heterocycles. The molecule has 0 aliphatic carbocycles. The molecule has 0 fully saturated rings. The highest BCUT2D eigenvalue weighted by Crippen LogP contribution is 2.19. The number of aliphatic carboxylic acids is 2. The van der Waals surface area contributed by atoms with Gasteiger partial charge in [0.15, 0.2) is 0 Å². The zero-order chi connectivity index (χ0) is 24.9. The van der Waals surface area contributed by atoms with Crippen molar-refractivity contribution in [3.05, 3.63) is 95.6 Å². The number of anilines is 1. The molecule has 0 saturated heterocycles. The average molecular weight is 481 g/mol. The van der Waals surface area contributed by atoms with Crippen LogP contribution in [0.3, 0.4) is 0 Å². The maximum absolute atomic E-state index is 12.6. The number of carbonyl (C=O) groups is 3. The van der Waals surface area contributed by atoms with E-state index in [9.17, 15) is 4.79 Å². The summed E-state index contributed by atoms with van der Waals surface area (Å²) in [5.41, 5.74) is 4.44. The molecule has 0 atom stereocenters. The zero-order valence-corrected chi connectivity index (χ0v) is 19.9. The Labute approximate surface area is 203 Å². The van der Waals surface area contributed by atoms with Gasteiger partial charge in [0, 0.05) is 17.1 Å². The number of hydrogen-bond acceptors (Lipinski definition) is 5. The lowest BCUT2D eigenvalue weighted by Gasteiger charge is -2.17. The number of rotatable bonds is 8. The number of nitrogens with zero attached hydrogens (tertiary/aromatic N) is 1. The van der Waals surface area contributed by atoms with E-state index in [4.69, 9.17) is 19.8 Å². The monoisotopic (exact) mass is 480 g/mol. The van der Waals surface area contributed by atoms with Crippen LogP contribution < -0.4 is 5.32 Å². The number of carboxylic acids is 2. The van der Waals surface area contributed by atoms with Crippen LogP contribution in [0.1, 0.15) is 16.7 Å². The molecule has 34 heavy (non-hydrogen) atoms. The summed E-state index contributed by atoms with van der Waals surface area (Å²) in [4.78, 5) is 34.0. The van der Waals surface area contributed by atoms with Gasteiger partial charge < -0.3 is 15.5 Å². The van der Waals surface area contributed by atoms with E-state index in [1.807, 2.05) is 48.3 Å². The lowest BCUT2D eigenvalue weighted by molar-refractivity contribution is -0.159. The smallest absolute Gasteiger partial charge is 0.414 e. The van der Waals surface area contributed by atoms with Crippen molar-refractivity contribution >= 4 is 35.3 Å². The molecule has 3 aromatic rings. The fourth-order valence-electron chi connectivity index (χ4n) is 3.15. The van der Waals surface area contributed by atoms with Gasteiger partial charge in [-0.05, 0) is 54.6 Å². The van der Waals surface area contributed by atoms with Crippen molar-refractivity contribution < 1.29 is 24.6 Å². The molecule has 0 unspecified atom stereocenters. The van der Waals surface area contributed by atoms with Gasteiger partial charge >= 0.3 is 11.9 Å². The Morgan fingerprint density at radius 1 is 0.824 bits per heavy atom. The second-order valence-electron chi connectivity index (χ2n) is 7.50. The van der Waals surface area contributed by atoms with Gasteiger partial charge in [0.1, 0.15) is 0 Å². The van der Waals surface area contributed by atoms with E-state index in [0.29, 0.717) is 6.54 Å². The van der Waals surface area contributed by atoms with Gasteiger partial charge in [0.2, 0.25) is 5.91 Å². The molecule has 0 spiro atoms. The van der Waals surface area contributed by atoms with Crippen LogP contribution in [0.5, 0.6) is 0 Å². The van der Waals surface area contributed by atoms with E-state index in [0.717, 1.165) is 24.2 Å². The van der Waals surface area contributed by atoms with Crippen LogP contribution >= 0.6 is 11.8 Å². The molecule has 3 aromatic carbocycles. The summed E-state index contributed by atoms with van der Waals surface area (Å²) in [6.07, 6.45) is 2.87. The molecular formula is C26H28N2O5S. The Balaban J connectivity index is 0.000000604. The molecule has 0 radical (unpaired) electrons. The highest BCUT2D eigenvalue weighted by molar-refractivity contribution is 7.98. The van der Waals surface area contributed by atoms with E-state index in [2.05, 4.69) is 54.0 Å². The Morgan fingerprint density at radius 3 is 2.00 bits per heavy atom. The predicted molar refractivity (Wildman–Crippen MR) is 134 cm³/mol. The lowest BCUT2D eigenvalue weighted by Crippen LogP contribution is -2.30. The van der Waals surface area contributed by atoms with E-state index in [1.54, 1.807) is 11.8 Å². The van der Waals surface area contributed by atoms with Crippen LogP contribution in [0.25, 0.3) is 0 Å². The lowest BCUT2D eigenvalue weighted by atomic mass is 10.0. The average Bonchev–Trinajstić information content (AvgIpc) is 2.81. The van der Waals surface area contributed by atoms with Crippen LogP contribution in [0, 0.1) is 0 Å². The third kappa shape index (κ3) is 9.48. The second kappa shape index (κ2) is 13.8. The largest absolute Gasteiger partial charge is 0.473 e. The number of thioether (sulfide) groups is 1. The van der Waals surface area contributed by atoms with Gasteiger partial charge in [-0.2, -0.15) is 0 Å².